The molecule has 0 aromatic carbocycles. The maximum Gasteiger partial charge on any atom is 0.407 e. The Kier molecular flexibility index (Phi) is 1.32. The molecule has 2 fully saturated rings. The highest BCUT2D eigenvalue weighted by atomic mass is 16.4. The molecule has 1 saturated heterocycles. The standard InChI is InChI=1S/C7H12N2O2/c8-5-1-4-2-6(5)9(3-4)7(10)11/h4-6H,1-3,8H2,(H,10,11)/t4-,5-,6-/m1/s1. The minimum absolute atomic E-state index is 0.0878. The average molecular weight is 156 g/mol. The van der Waals surface area contributed by atoms with Crippen LogP contribution in [0.1, 0.15) is 12.8 Å². The van der Waals surface area contributed by atoms with E-state index in [4.69, 9.17) is 10.8 Å². The van der Waals surface area contributed by atoms with Gasteiger partial charge in [-0.25, -0.2) is 4.79 Å². The van der Waals surface area contributed by atoms with Crippen molar-refractivity contribution in [2.75, 3.05) is 6.54 Å². The molecular formula is C7H12N2O2. The van der Waals surface area contributed by atoms with Crippen LogP contribution in [-0.4, -0.2) is 34.7 Å². The van der Waals surface area contributed by atoms with E-state index in [-0.39, 0.29) is 12.1 Å². The lowest BCUT2D eigenvalue weighted by molar-refractivity contribution is 0.125. The molecule has 0 unspecified atom stereocenters. The zero-order valence-electron chi connectivity index (χ0n) is 6.23. The summed E-state index contributed by atoms with van der Waals surface area (Å²) in [6.07, 6.45) is 1.18. The molecule has 4 heteroatoms. The number of carbonyl (C=O) groups is 1. The Balaban J connectivity index is 2.12. The monoisotopic (exact) mass is 156 g/mol. The topological polar surface area (TPSA) is 66.6 Å². The molecule has 4 nitrogen and oxygen atoms in total. The fourth-order valence-corrected chi connectivity index (χ4v) is 2.30. The molecule has 3 N–H and O–H groups in total. The minimum atomic E-state index is -0.812. The molecule has 2 aliphatic rings. The molecule has 1 heterocycles. The molecule has 0 radical (unpaired) electrons. The van der Waals surface area contributed by atoms with Crippen LogP contribution in [0.3, 0.4) is 0 Å². The lowest BCUT2D eigenvalue weighted by Crippen LogP contribution is -2.47. The number of nitrogens with two attached hydrogens (primary N) is 1. The zero-order valence-corrected chi connectivity index (χ0v) is 6.23. The first-order valence-electron chi connectivity index (χ1n) is 3.93. The first kappa shape index (κ1) is 6.91. The third-order valence-electron chi connectivity index (χ3n) is 2.78. The number of carboxylic acid groups (broad SMARTS) is 1. The SMILES string of the molecule is N[C@@H]1C[C@@H]2C[C@H]1N(C(=O)O)C2. The lowest BCUT2D eigenvalue weighted by atomic mass is 10.1. The molecule has 1 amide bonds. The Morgan fingerprint density at radius 1 is 1.55 bits per heavy atom. The van der Waals surface area contributed by atoms with E-state index >= 15 is 0 Å². The second kappa shape index (κ2) is 2.11. The van der Waals surface area contributed by atoms with Crippen molar-refractivity contribution in [1.29, 1.82) is 0 Å². The van der Waals surface area contributed by atoms with Crippen molar-refractivity contribution in [2.24, 2.45) is 11.7 Å². The largest absolute Gasteiger partial charge is 0.465 e. The van der Waals surface area contributed by atoms with Crippen molar-refractivity contribution in [2.45, 2.75) is 24.9 Å². The van der Waals surface area contributed by atoms with Crippen molar-refractivity contribution in [1.82, 2.24) is 4.90 Å². The van der Waals surface area contributed by atoms with Crippen LogP contribution < -0.4 is 5.73 Å². The number of amides is 1. The smallest absolute Gasteiger partial charge is 0.407 e. The van der Waals surface area contributed by atoms with Gasteiger partial charge in [0, 0.05) is 12.6 Å². The summed E-state index contributed by atoms with van der Waals surface area (Å²) >= 11 is 0. The minimum Gasteiger partial charge on any atom is -0.465 e. The Morgan fingerprint density at radius 2 is 2.27 bits per heavy atom. The molecule has 1 aliphatic carbocycles. The van der Waals surface area contributed by atoms with Gasteiger partial charge in [0.2, 0.25) is 0 Å². The summed E-state index contributed by atoms with van der Waals surface area (Å²) in [7, 11) is 0. The van der Waals surface area contributed by atoms with Gasteiger partial charge in [-0.1, -0.05) is 0 Å². The number of fused-ring (bicyclic) bond motifs is 2. The van der Waals surface area contributed by atoms with E-state index in [1.807, 2.05) is 0 Å². The summed E-state index contributed by atoms with van der Waals surface area (Å²) in [6, 6.07) is 0.197. The first-order chi connectivity index (χ1) is 5.18. The fourth-order valence-electron chi connectivity index (χ4n) is 2.30. The van der Waals surface area contributed by atoms with Gasteiger partial charge in [-0.2, -0.15) is 0 Å². The number of nitrogens with zero attached hydrogens (tertiary/aromatic N) is 1. The molecule has 2 bridgehead atoms. The van der Waals surface area contributed by atoms with E-state index in [1.54, 1.807) is 0 Å². The molecule has 2 rings (SSSR count). The number of hydrogen-bond donors (Lipinski definition) is 2. The van der Waals surface area contributed by atoms with Crippen LogP contribution in [0.4, 0.5) is 4.79 Å². The molecule has 1 aliphatic heterocycles. The van der Waals surface area contributed by atoms with Crippen molar-refractivity contribution in [3.05, 3.63) is 0 Å². The average Bonchev–Trinajstić information content (AvgIpc) is 2.43. The summed E-state index contributed by atoms with van der Waals surface area (Å²) in [5.74, 6) is 0.533. The Morgan fingerprint density at radius 3 is 2.64 bits per heavy atom. The van der Waals surface area contributed by atoms with Crippen molar-refractivity contribution >= 4 is 6.09 Å². The Hall–Kier alpha value is -0.770. The molecule has 3 atom stereocenters. The normalized spacial score (nSPS) is 41.5. The van der Waals surface area contributed by atoms with Crippen molar-refractivity contribution < 1.29 is 9.90 Å². The van der Waals surface area contributed by atoms with Crippen LogP contribution >= 0.6 is 0 Å². The predicted molar refractivity (Wildman–Crippen MR) is 39.2 cm³/mol. The van der Waals surface area contributed by atoms with Crippen LogP contribution in [0, 0.1) is 5.92 Å². The third-order valence-corrected chi connectivity index (χ3v) is 2.78. The molecule has 1 saturated carbocycles. The highest BCUT2D eigenvalue weighted by molar-refractivity contribution is 5.66. The number of likely N-dealkylation sites (tertiary alicyclic amines) is 1. The van der Waals surface area contributed by atoms with E-state index in [9.17, 15) is 4.79 Å². The van der Waals surface area contributed by atoms with Gasteiger partial charge >= 0.3 is 6.09 Å². The second-order valence-corrected chi connectivity index (χ2v) is 3.50. The highest BCUT2D eigenvalue weighted by Crippen LogP contribution is 2.36. The van der Waals surface area contributed by atoms with Gasteiger partial charge in [0.05, 0.1) is 6.04 Å². The van der Waals surface area contributed by atoms with Gasteiger partial charge in [0.1, 0.15) is 0 Å². The summed E-state index contributed by atoms with van der Waals surface area (Å²) in [5, 5.41) is 8.72. The van der Waals surface area contributed by atoms with Crippen LogP contribution in [-0.2, 0) is 0 Å². The number of rotatable bonds is 0. The molecule has 62 valence electrons. The van der Waals surface area contributed by atoms with E-state index in [0.717, 1.165) is 12.8 Å². The molecule has 11 heavy (non-hydrogen) atoms. The zero-order chi connectivity index (χ0) is 8.01. The number of piperidine rings is 1. The van der Waals surface area contributed by atoms with Crippen LogP contribution in [0.5, 0.6) is 0 Å². The van der Waals surface area contributed by atoms with E-state index in [0.29, 0.717) is 12.5 Å². The van der Waals surface area contributed by atoms with Gasteiger partial charge < -0.3 is 15.7 Å². The maximum absolute atomic E-state index is 10.6. The first-order valence-corrected chi connectivity index (χ1v) is 3.93. The van der Waals surface area contributed by atoms with Gasteiger partial charge in [0.15, 0.2) is 0 Å². The van der Waals surface area contributed by atoms with Gasteiger partial charge in [-0.05, 0) is 18.8 Å². The highest BCUT2D eigenvalue weighted by Gasteiger charge is 2.45. The van der Waals surface area contributed by atoms with Crippen LogP contribution in [0.15, 0.2) is 0 Å². The maximum atomic E-state index is 10.6. The fraction of sp³-hybridized carbons (Fsp3) is 0.857. The Bertz CT molecular complexity index is 195. The third kappa shape index (κ3) is 0.894. The van der Waals surface area contributed by atoms with Crippen LogP contribution in [0.25, 0.3) is 0 Å². The summed E-state index contributed by atoms with van der Waals surface area (Å²) in [6.45, 7) is 0.702. The van der Waals surface area contributed by atoms with Crippen molar-refractivity contribution in [3.63, 3.8) is 0 Å². The van der Waals surface area contributed by atoms with Crippen LogP contribution in [0.2, 0.25) is 0 Å². The number of hydrogen-bond acceptors (Lipinski definition) is 2. The Labute approximate surface area is 65.0 Å². The summed E-state index contributed by atoms with van der Waals surface area (Å²) in [5.41, 5.74) is 5.74. The van der Waals surface area contributed by atoms with Gasteiger partial charge in [-0.15, -0.1) is 0 Å². The lowest BCUT2D eigenvalue weighted by Gasteiger charge is -2.28. The molecule has 0 spiro atoms. The quantitative estimate of drug-likeness (QED) is 0.522. The van der Waals surface area contributed by atoms with Gasteiger partial charge in [-0.3, -0.25) is 0 Å². The summed E-state index contributed by atoms with van der Waals surface area (Å²) in [4.78, 5) is 12.1. The van der Waals surface area contributed by atoms with Crippen molar-refractivity contribution in [3.8, 4) is 0 Å². The van der Waals surface area contributed by atoms with E-state index in [1.165, 1.54) is 4.90 Å². The summed E-state index contributed by atoms with van der Waals surface area (Å²) < 4.78 is 0. The molecule has 0 aromatic heterocycles. The molecular weight excluding hydrogens is 144 g/mol. The second-order valence-electron chi connectivity index (χ2n) is 3.50. The van der Waals surface area contributed by atoms with E-state index < -0.39 is 6.09 Å². The van der Waals surface area contributed by atoms with Gasteiger partial charge in [0.25, 0.3) is 0 Å². The van der Waals surface area contributed by atoms with E-state index in [2.05, 4.69) is 0 Å². The molecule has 0 aromatic rings. The predicted octanol–water partition coefficient (Wildman–Crippen LogP) is 0.0859.